The summed E-state index contributed by atoms with van der Waals surface area (Å²) in [6.07, 6.45) is 1.91. The fraction of sp³-hybridized carbons (Fsp3) is 0.0714. The van der Waals surface area contributed by atoms with Gasteiger partial charge in [0.2, 0.25) is 5.88 Å². The molecule has 0 atom stereocenters. The standard InChI is InChI=1S/C14H10Cl2N2O/c15-9-12-14(17-13-3-1-2-8-18(12)13)19-11-6-4-10(16)5-7-11/h1-8H,9H2. The fourth-order valence-corrected chi connectivity index (χ4v) is 2.21. The molecule has 5 heteroatoms. The van der Waals surface area contributed by atoms with E-state index in [1.165, 1.54) is 0 Å². The lowest BCUT2D eigenvalue weighted by Crippen LogP contribution is -1.91. The molecule has 0 N–H and O–H groups in total. The van der Waals surface area contributed by atoms with Crippen LogP contribution in [-0.4, -0.2) is 9.38 Å². The van der Waals surface area contributed by atoms with Crippen LogP contribution in [0.15, 0.2) is 48.7 Å². The molecule has 0 aliphatic heterocycles. The van der Waals surface area contributed by atoms with Gasteiger partial charge in [-0.25, -0.2) is 0 Å². The number of pyridine rings is 1. The Bertz CT molecular complexity index is 707. The second kappa shape index (κ2) is 5.11. The molecule has 0 aliphatic rings. The summed E-state index contributed by atoms with van der Waals surface area (Å²) >= 11 is 11.8. The zero-order chi connectivity index (χ0) is 13.2. The van der Waals surface area contributed by atoms with Gasteiger partial charge in [-0.05, 0) is 36.4 Å². The fourth-order valence-electron chi connectivity index (χ4n) is 1.84. The molecule has 0 radical (unpaired) electrons. The first-order valence-electron chi connectivity index (χ1n) is 5.73. The number of ether oxygens (including phenoxy) is 1. The van der Waals surface area contributed by atoms with Crippen molar-refractivity contribution in [1.82, 2.24) is 9.38 Å². The van der Waals surface area contributed by atoms with Crippen LogP contribution in [0.2, 0.25) is 5.02 Å². The Morgan fingerprint density at radius 1 is 1.11 bits per heavy atom. The minimum atomic E-state index is 0.327. The highest BCUT2D eigenvalue weighted by Gasteiger charge is 2.12. The molecule has 3 nitrogen and oxygen atoms in total. The number of hydrogen-bond acceptors (Lipinski definition) is 2. The van der Waals surface area contributed by atoms with Gasteiger partial charge in [-0.2, -0.15) is 4.98 Å². The molecule has 0 spiro atoms. The van der Waals surface area contributed by atoms with Gasteiger partial charge in [0.15, 0.2) is 0 Å². The minimum Gasteiger partial charge on any atom is -0.437 e. The van der Waals surface area contributed by atoms with Crippen LogP contribution in [0.5, 0.6) is 11.6 Å². The highest BCUT2D eigenvalue weighted by Crippen LogP contribution is 2.27. The van der Waals surface area contributed by atoms with E-state index in [1.807, 2.05) is 28.8 Å². The Morgan fingerprint density at radius 3 is 2.63 bits per heavy atom. The second-order valence-corrected chi connectivity index (χ2v) is 4.69. The average Bonchev–Trinajstić information content (AvgIpc) is 2.78. The molecule has 0 bridgehead atoms. The van der Waals surface area contributed by atoms with Crippen molar-refractivity contribution in [1.29, 1.82) is 0 Å². The van der Waals surface area contributed by atoms with Crippen molar-refractivity contribution in [3.63, 3.8) is 0 Å². The first-order valence-corrected chi connectivity index (χ1v) is 6.64. The summed E-state index contributed by atoms with van der Waals surface area (Å²) in [5, 5.41) is 0.667. The lowest BCUT2D eigenvalue weighted by atomic mass is 10.3. The molecule has 0 saturated carbocycles. The molecule has 96 valence electrons. The third-order valence-corrected chi connectivity index (χ3v) is 3.25. The van der Waals surface area contributed by atoms with E-state index in [0.717, 1.165) is 11.3 Å². The smallest absolute Gasteiger partial charge is 0.242 e. The van der Waals surface area contributed by atoms with Crippen LogP contribution < -0.4 is 4.74 Å². The lowest BCUT2D eigenvalue weighted by molar-refractivity contribution is 0.461. The van der Waals surface area contributed by atoms with Gasteiger partial charge < -0.3 is 4.74 Å². The van der Waals surface area contributed by atoms with E-state index in [2.05, 4.69) is 4.98 Å². The molecule has 1 aromatic carbocycles. The summed E-state index contributed by atoms with van der Waals surface area (Å²) in [5.41, 5.74) is 1.63. The maximum atomic E-state index is 5.98. The Labute approximate surface area is 120 Å². The summed E-state index contributed by atoms with van der Waals surface area (Å²) in [7, 11) is 0. The minimum absolute atomic E-state index is 0.327. The van der Waals surface area contributed by atoms with E-state index < -0.39 is 0 Å². The molecule has 19 heavy (non-hydrogen) atoms. The Kier molecular flexibility index (Phi) is 3.32. The number of nitrogens with zero attached hydrogens (tertiary/aromatic N) is 2. The molecule has 0 aliphatic carbocycles. The van der Waals surface area contributed by atoms with Gasteiger partial charge in [0.25, 0.3) is 0 Å². The number of halogens is 2. The molecule has 0 fully saturated rings. The van der Waals surface area contributed by atoms with E-state index >= 15 is 0 Å². The van der Waals surface area contributed by atoms with Crippen molar-refractivity contribution in [2.45, 2.75) is 5.88 Å². The number of hydrogen-bond donors (Lipinski definition) is 0. The van der Waals surface area contributed by atoms with E-state index in [1.54, 1.807) is 24.3 Å². The molecular weight excluding hydrogens is 283 g/mol. The number of aromatic nitrogens is 2. The molecule has 3 rings (SSSR count). The number of benzene rings is 1. The molecule has 0 unspecified atom stereocenters. The third-order valence-electron chi connectivity index (χ3n) is 2.75. The van der Waals surface area contributed by atoms with Gasteiger partial charge in [0.1, 0.15) is 17.1 Å². The topological polar surface area (TPSA) is 26.5 Å². The van der Waals surface area contributed by atoms with E-state index in [9.17, 15) is 0 Å². The average molecular weight is 293 g/mol. The SMILES string of the molecule is ClCc1c(Oc2ccc(Cl)cc2)nc2ccccn12. The Balaban J connectivity index is 2.02. The van der Waals surface area contributed by atoms with Crippen LogP contribution in [0.4, 0.5) is 0 Å². The first-order chi connectivity index (χ1) is 9.28. The highest BCUT2D eigenvalue weighted by atomic mass is 35.5. The summed E-state index contributed by atoms with van der Waals surface area (Å²) in [5.74, 6) is 1.52. The maximum Gasteiger partial charge on any atom is 0.242 e. The van der Waals surface area contributed by atoms with Gasteiger partial charge >= 0.3 is 0 Å². The van der Waals surface area contributed by atoms with Gasteiger partial charge in [0, 0.05) is 11.2 Å². The van der Waals surface area contributed by atoms with Crippen molar-refractivity contribution in [2.75, 3.05) is 0 Å². The lowest BCUT2D eigenvalue weighted by Gasteiger charge is -2.04. The quantitative estimate of drug-likeness (QED) is 0.664. The molecule has 0 amide bonds. The monoisotopic (exact) mass is 292 g/mol. The number of rotatable bonds is 3. The van der Waals surface area contributed by atoms with Crippen LogP contribution >= 0.6 is 23.2 Å². The number of fused-ring (bicyclic) bond motifs is 1. The number of imidazole rings is 1. The first kappa shape index (κ1) is 12.3. The summed E-state index contributed by atoms with van der Waals surface area (Å²) in [4.78, 5) is 4.42. The van der Waals surface area contributed by atoms with Gasteiger partial charge in [-0.3, -0.25) is 4.40 Å². The molecule has 3 aromatic rings. The van der Waals surface area contributed by atoms with Crippen LogP contribution in [0, 0.1) is 0 Å². The van der Waals surface area contributed by atoms with Gasteiger partial charge in [-0.15, -0.1) is 11.6 Å². The van der Waals surface area contributed by atoms with E-state index in [4.69, 9.17) is 27.9 Å². The Morgan fingerprint density at radius 2 is 1.89 bits per heavy atom. The van der Waals surface area contributed by atoms with Crippen molar-refractivity contribution in [3.05, 3.63) is 59.4 Å². The summed E-state index contributed by atoms with van der Waals surface area (Å²) in [6, 6.07) is 12.9. The molecule has 0 saturated heterocycles. The van der Waals surface area contributed by atoms with Crippen molar-refractivity contribution < 1.29 is 4.74 Å². The Hall–Kier alpha value is -1.71. The normalized spacial score (nSPS) is 10.8. The molecule has 2 heterocycles. The molecular formula is C14H10Cl2N2O. The van der Waals surface area contributed by atoms with Crippen molar-refractivity contribution in [2.24, 2.45) is 0 Å². The zero-order valence-electron chi connectivity index (χ0n) is 9.88. The van der Waals surface area contributed by atoms with Gasteiger partial charge in [-0.1, -0.05) is 17.7 Å². The van der Waals surface area contributed by atoms with Gasteiger partial charge in [0.05, 0.1) is 5.88 Å². The van der Waals surface area contributed by atoms with Crippen molar-refractivity contribution in [3.8, 4) is 11.6 Å². The third kappa shape index (κ3) is 2.39. The summed E-state index contributed by atoms with van der Waals surface area (Å²) in [6.45, 7) is 0. The van der Waals surface area contributed by atoms with Crippen LogP contribution in [0.25, 0.3) is 5.65 Å². The molecule has 2 aromatic heterocycles. The van der Waals surface area contributed by atoms with E-state index in [-0.39, 0.29) is 0 Å². The largest absolute Gasteiger partial charge is 0.437 e. The highest BCUT2D eigenvalue weighted by molar-refractivity contribution is 6.30. The number of alkyl halides is 1. The van der Waals surface area contributed by atoms with Crippen LogP contribution in [0.1, 0.15) is 5.69 Å². The maximum absolute atomic E-state index is 5.98. The zero-order valence-corrected chi connectivity index (χ0v) is 11.4. The van der Waals surface area contributed by atoms with Crippen LogP contribution in [0.3, 0.4) is 0 Å². The van der Waals surface area contributed by atoms with E-state index in [0.29, 0.717) is 22.5 Å². The van der Waals surface area contributed by atoms with Crippen molar-refractivity contribution >= 4 is 28.8 Å². The predicted molar refractivity (Wildman–Crippen MR) is 76.3 cm³/mol. The second-order valence-electron chi connectivity index (χ2n) is 3.98. The summed E-state index contributed by atoms with van der Waals surface area (Å²) < 4.78 is 7.68. The predicted octanol–water partition coefficient (Wildman–Crippen LogP) is 4.52. The van der Waals surface area contributed by atoms with Crippen LogP contribution in [-0.2, 0) is 5.88 Å².